The molecule has 232 valence electrons. The van der Waals surface area contributed by atoms with Crippen LogP contribution in [-0.4, -0.2) is 45.0 Å². The molecular formula is C33H31ClF2N6O3. The molecule has 1 saturated heterocycles. The van der Waals surface area contributed by atoms with Gasteiger partial charge in [-0.1, -0.05) is 35.9 Å². The second-order valence-electron chi connectivity index (χ2n) is 11.4. The zero-order valence-electron chi connectivity index (χ0n) is 24.3. The fraction of sp³-hybridized carbons (Fsp3) is 0.394. The van der Waals surface area contributed by atoms with Crippen molar-refractivity contribution in [3.05, 3.63) is 82.6 Å². The van der Waals surface area contributed by atoms with Crippen molar-refractivity contribution >= 4 is 34.9 Å². The Morgan fingerprint density at radius 2 is 1.82 bits per heavy atom. The lowest BCUT2D eigenvalue weighted by Gasteiger charge is -2.36. The van der Waals surface area contributed by atoms with Gasteiger partial charge in [0.05, 0.1) is 11.6 Å². The van der Waals surface area contributed by atoms with Crippen LogP contribution in [0.5, 0.6) is 0 Å². The average Bonchev–Trinajstić information content (AvgIpc) is 3.44. The van der Waals surface area contributed by atoms with Crippen LogP contribution in [0.2, 0.25) is 5.02 Å². The number of Topliss-reactive ketones (excluding diaryl/α,β-unsaturated/α-hetero) is 1. The Labute approximate surface area is 264 Å². The number of carbonyl (C=O) groups is 2. The van der Waals surface area contributed by atoms with E-state index in [0.29, 0.717) is 24.8 Å². The van der Waals surface area contributed by atoms with E-state index in [9.17, 15) is 34.0 Å². The van der Waals surface area contributed by atoms with Gasteiger partial charge in [-0.2, -0.15) is 10.5 Å². The summed E-state index contributed by atoms with van der Waals surface area (Å²) in [5.74, 6) is -3.68. The number of halogens is 3. The van der Waals surface area contributed by atoms with Gasteiger partial charge in [-0.3, -0.25) is 14.5 Å². The van der Waals surface area contributed by atoms with Crippen molar-refractivity contribution in [2.45, 2.75) is 75.6 Å². The molecule has 2 heterocycles. The largest absolute Gasteiger partial charge is 0.373 e. The van der Waals surface area contributed by atoms with Gasteiger partial charge in [0.25, 0.3) is 5.91 Å². The summed E-state index contributed by atoms with van der Waals surface area (Å²) in [6, 6.07) is 16.1. The summed E-state index contributed by atoms with van der Waals surface area (Å²) in [6.45, 7) is 0. The SMILES string of the molecule is N#Cc1cccc(N(C(=O)[C@@H]2CCC(O)N2c2nccc(C#N)n2)[C@H](C(=O)CCC2CCC(F)(F)CC2)c2ccccc2Cl)c1. The summed E-state index contributed by atoms with van der Waals surface area (Å²) in [4.78, 5) is 40.0. The maximum atomic E-state index is 14.7. The monoisotopic (exact) mass is 632 g/mol. The number of aliphatic hydroxyl groups excluding tert-OH is 1. The third kappa shape index (κ3) is 7.11. The Balaban J connectivity index is 1.56. The fourth-order valence-corrected chi connectivity index (χ4v) is 6.40. The molecule has 3 atom stereocenters. The van der Waals surface area contributed by atoms with E-state index in [1.54, 1.807) is 42.5 Å². The molecular weight excluding hydrogens is 602 g/mol. The van der Waals surface area contributed by atoms with Crippen LogP contribution in [0, 0.1) is 28.6 Å². The van der Waals surface area contributed by atoms with Gasteiger partial charge in [0.2, 0.25) is 11.9 Å². The lowest BCUT2D eigenvalue weighted by atomic mass is 9.82. The van der Waals surface area contributed by atoms with Crippen LogP contribution in [0.1, 0.15) is 74.2 Å². The van der Waals surface area contributed by atoms with Crippen molar-refractivity contribution in [1.82, 2.24) is 9.97 Å². The Kier molecular flexibility index (Phi) is 9.71. The van der Waals surface area contributed by atoms with Crippen molar-refractivity contribution in [2.24, 2.45) is 5.92 Å². The lowest BCUT2D eigenvalue weighted by Crippen LogP contribution is -2.51. The van der Waals surface area contributed by atoms with E-state index >= 15 is 0 Å². The molecule has 2 aliphatic rings. The minimum Gasteiger partial charge on any atom is -0.373 e. The number of carbonyl (C=O) groups excluding carboxylic acids is 2. The zero-order chi connectivity index (χ0) is 32.1. The van der Waals surface area contributed by atoms with Crippen LogP contribution >= 0.6 is 11.6 Å². The van der Waals surface area contributed by atoms with Crippen molar-refractivity contribution in [2.75, 3.05) is 9.80 Å². The maximum Gasteiger partial charge on any atom is 0.250 e. The summed E-state index contributed by atoms with van der Waals surface area (Å²) >= 11 is 6.65. The molecule has 1 saturated carbocycles. The molecule has 9 nitrogen and oxygen atoms in total. The van der Waals surface area contributed by atoms with Gasteiger partial charge >= 0.3 is 0 Å². The average molecular weight is 633 g/mol. The highest BCUT2D eigenvalue weighted by Crippen LogP contribution is 2.40. The number of alkyl halides is 2. The molecule has 0 radical (unpaired) electrons. The minimum absolute atomic E-state index is 0.0121. The predicted molar refractivity (Wildman–Crippen MR) is 162 cm³/mol. The first-order valence-corrected chi connectivity index (χ1v) is 15.2. The molecule has 1 N–H and O–H groups in total. The third-order valence-corrected chi connectivity index (χ3v) is 8.86. The van der Waals surface area contributed by atoms with Gasteiger partial charge in [-0.05, 0) is 68.4 Å². The van der Waals surface area contributed by atoms with Crippen LogP contribution < -0.4 is 9.80 Å². The molecule has 1 amide bonds. The zero-order valence-corrected chi connectivity index (χ0v) is 25.1. The maximum absolute atomic E-state index is 14.7. The van der Waals surface area contributed by atoms with Crippen molar-refractivity contribution in [3.63, 3.8) is 0 Å². The molecule has 3 aromatic rings. The first-order chi connectivity index (χ1) is 21.6. The molecule has 12 heteroatoms. The molecule has 0 bridgehead atoms. The number of benzene rings is 2. The standard InChI is InChI=1S/C33H31ClF2N6O3/c34-26-7-2-1-6-25(26)30(28(43)10-8-21-12-15-33(35,36)16-13-21)41(24-5-3-4-22(18-24)19-37)31(45)27-9-11-29(44)42(27)32-39-17-14-23(20-38)40-32/h1-7,14,17-18,21,27,29-30,44H,8-13,15-16H2/t27-,29?,30-/m0/s1. The van der Waals surface area contributed by atoms with Crippen LogP contribution in [0.25, 0.3) is 0 Å². The van der Waals surface area contributed by atoms with E-state index < -0.39 is 30.1 Å². The number of anilines is 2. The van der Waals surface area contributed by atoms with E-state index in [2.05, 4.69) is 16.0 Å². The van der Waals surface area contributed by atoms with E-state index in [1.165, 1.54) is 28.1 Å². The Bertz CT molecular complexity index is 1650. The predicted octanol–water partition coefficient (Wildman–Crippen LogP) is 6.11. The van der Waals surface area contributed by atoms with E-state index in [0.717, 1.165) is 0 Å². The molecule has 1 unspecified atom stereocenters. The topological polar surface area (TPSA) is 134 Å². The molecule has 1 aliphatic carbocycles. The molecule has 2 fully saturated rings. The van der Waals surface area contributed by atoms with Crippen LogP contribution in [0.15, 0.2) is 60.8 Å². The van der Waals surface area contributed by atoms with Gasteiger partial charge in [-0.15, -0.1) is 0 Å². The second kappa shape index (κ2) is 13.7. The normalized spacial score (nSPS) is 20.2. The van der Waals surface area contributed by atoms with Crippen LogP contribution in [0.4, 0.5) is 20.4 Å². The van der Waals surface area contributed by atoms with Crippen LogP contribution in [0.3, 0.4) is 0 Å². The Morgan fingerprint density at radius 3 is 2.53 bits per heavy atom. The molecule has 1 aromatic heterocycles. The molecule has 0 spiro atoms. The Morgan fingerprint density at radius 1 is 1.07 bits per heavy atom. The quantitative estimate of drug-likeness (QED) is 0.299. The number of aliphatic hydroxyl groups is 1. The molecule has 5 rings (SSSR count). The first-order valence-electron chi connectivity index (χ1n) is 14.8. The van der Waals surface area contributed by atoms with Gasteiger partial charge < -0.3 is 10.0 Å². The molecule has 1 aliphatic heterocycles. The Hall–Kier alpha value is -4.45. The highest BCUT2D eigenvalue weighted by Gasteiger charge is 2.45. The first kappa shape index (κ1) is 32.0. The van der Waals surface area contributed by atoms with E-state index in [-0.39, 0.29) is 71.7 Å². The van der Waals surface area contributed by atoms with Gasteiger partial charge in [0.15, 0.2) is 5.78 Å². The second-order valence-corrected chi connectivity index (χ2v) is 11.8. The number of hydrogen-bond donors (Lipinski definition) is 1. The summed E-state index contributed by atoms with van der Waals surface area (Å²) in [5, 5.41) is 30.2. The highest BCUT2D eigenvalue weighted by atomic mass is 35.5. The number of aromatic nitrogens is 2. The van der Waals surface area contributed by atoms with Crippen LogP contribution in [-0.2, 0) is 9.59 Å². The van der Waals surface area contributed by atoms with Crippen molar-refractivity contribution in [1.29, 1.82) is 10.5 Å². The number of nitriles is 2. The summed E-state index contributed by atoms with van der Waals surface area (Å²) in [6.07, 6.45) is 1.16. The van der Waals surface area contributed by atoms with Gasteiger partial charge in [0, 0.05) is 41.7 Å². The van der Waals surface area contributed by atoms with Crippen molar-refractivity contribution in [3.8, 4) is 12.1 Å². The fourth-order valence-electron chi connectivity index (χ4n) is 6.16. The van der Waals surface area contributed by atoms with Crippen molar-refractivity contribution < 1.29 is 23.5 Å². The van der Waals surface area contributed by atoms with Gasteiger partial charge in [-0.25, -0.2) is 18.7 Å². The van der Waals surface area contributed by atoms with E-state index in [1.807, 2.05) is 6.07 Å². The highest BCUT2D eigenvalue weighted by molar-refractivity contribution is 6.31. The minimum atomic E-state index is -2.69. The summed E-state index contributed by atoms with van der Waals surface area (Å²) in [5.41, 5.74) is 0.936. The molecule has 45 heavy (non-hydrogen) atoms. The third-order valence-electron chi connectivity index (χ3n) is 8.52. The van der Waals surface area contributed by atoms with Gasteiger partial charge in [0.1, 0.15) is 30.1 Å². The lowest BCUT2D eigenvalue weighted by molar-refractivity contribution is -0.126. The number of ketones is 1. The molecule has 2 aromatic carbocycles. The number of amides is 1. The number of nitrogens with zero attached hydrogens (tertiary/aromatic N) is 6. The summed E-state index contributed by atoms with van der Waals surface area (Å²) < 4.78 is 27.6. The smallest absolute Gasteiger partial charge is 0.250 e. The van der Waals surface area contributed by atoms with E-state index in [4.69, 9.17) is 11.6 Å². The summed E-state index contributed by atoms with van der Waals surface area (Å²) in [7, 11) is 0. The number of hydrogen-bond acceptors (Lipinski definition) is 8. The number of rotatable bonds is 9.